The number of carbonyl (C=O) groups is 1. The molecule has 0 heterocycles. The molecule has 0 aromatic heterocycles. The molecular formula is C12H18O2. The highest BCUT2D eigenvalue weighted by Gasteiger charge is 2.13. The third-order valence-corrected chi connectivity index (χ3v) is 2.57. The molecule has 1 aliphatic carbocycles. The number of ether oxygens (including phenoxy) is 1. The second-order valence-electron chi connectivity index (χ2n) is 3.73. The van der Waals surface area contributed by atoms with Crippen LogP contribution in [0.2, 0.25) is 0 Å². The first-order chi connectivity index (χ1) is 6.70. The van der Waals surface area contributed by atoms with Crippen LogP contribution in [0, 0.1) is 5.92 Å². The van der Waals surface area contributed by atoms with Crippen molar-refractivity contribution in [3.05, 3.63) is 24.3 Å². The van der Waals surface area contributed by atoms with E-state index in [1.54, 1.807) is 0 Å². The predicted octanol–water partition coefficient (Wildman–Crippen LogP) is 2.85. The molecule has 0 fully saturated rings. The Balaban J connectivity index is 2.20. The number of rotatable bonds is 4. The van der Waals surface area contributed by atoms with Gasteiger partial charge in [0.25, 0.3) is 0 Å². The van der Waals surface area contributed by atoms with Crippen LogP contribution in [0.15, 0.2) is 24.3 Å². The molecule has 0 bridgehead atoms. The zero-order valence-corrected chi connectivity index (χ0v) is 8.79. The Morgan fingerprint density at radius 3 is 2.93 bits per heavy atom. The second kappa shape index (κ2) is 5.63. The zero-order chi connectivity index (χ0) is 10.4. The molecule has 0 saturated carbocycles. The molecule has 0 amide bonds. The van der Waals surface area contributed by atoms with Gasteiger partial charge in [-0.05, 0) is 25.2 Å². The minimum absolute atomic E-state index is 0.207. The van der Waals surface area contributed by atoms with Crippen molar-refractivity contribution in [3.63, 3.8) is 0 Å². The maximum absolute atomic E-state index is 10.5. The van der Waals surface area contributed by atoms with Crippen LogP contribution in [0.1, 0.15) is 32.6 Å². The van der Waals surface area contributed by atoms with Crippen molar-refractivity contribution < 1.29 is 9.53 Å². The van der Waals surface area contributed by atoms with Crippen LogP contribution in [0.4, 0.5) is 0 Å². The quantitative estimate of drug-likeness (QED) is 0.508. The van der Waals surface area contributed by atoms with E-state index in [1.807, 2.05) is 0 Å². The summed E-state index contributed by atoms with van der Waals surface area (Å²) in [6.07, 6.45) is 8.67. The van der Waals surface area contributed by atoms with Crippen LogP contribution in [0.5, 0.6) is 0 Å². The van der Waals surface area contributed by atoms with Gasteiger partial charge < -0.3 is 4.74 Å². The molecule has 1 aliphatic rings. The fourth-order valence-corrected chi connectivity index (χ4v) is 1.69. The fourth-order valence-electron chi connectivity index (χ4n) is 1.69. The molecule has 0 aromatic carbocycles. The fraction of sp³-hybridized carbons (Fsp3) is 0.583. The minimum atomic E-state index is -0.207. The highest BCUT2D eigenvalue weighted by atomic mass is 16.5. The SMILES string of the molecule is C=C(CCOC(C)=O)C1CC=CCC1. The van der Waals surface area contributed by atoms with E-state index in [4.69, 9.17) is 4.74 Å². The number of allylic oxidation sites excluding steroid dienone is 2. The summed E-state index contributed by atoms with van der Waals surface area (Å²) >= 11 is 0. The summed E-state index contributed by atoms with van der Waals surface area (Å²) in [5, 5.41) is 0. The molecule has 0 saturated heterocycles. The molecule has 1 rings (SSSR count). The van der Waals surface area contributed by atoms with E-state index in [1.165, 1.54) is 18.9 Å². The molecule has 0 aliphatic heterocycles. The Bertz CT molecular complexity index is 241. The van der Waals surface area contributed by atoms with E-state index >= 15 is 0 Å². The largest absolute Gasteiger partial charge is 0.466 e. The van der Waals surface area contributed by atoms with Gasteiger partial charge >= 0.3 is 5.97 Å². The Kier molecular flexibility index (Phi) is 4.44. The summed E-state index contributed by atoms with van der Waals surface area (Å²) < 4.78 is 4.89. The van der Waals surface area contributed by atoms with Crippen LogP contribution in [0.3, 0.4) is 0 Å². The number of hydrogen-bond donors (Lipinski definition) is 0. The summed E-state index contributed by atoms with van der Waals surface area (Å²) in [5.74, 6) is 0.386. The summed E-state index contributed by atoms with van der Waals surface area (Å²) in [7, 11) is 0. The Labute approximate surface area is 85.6 Å². The van der Waals surface area contributed by atoms with E-state index in [2.05, 4.69) is 18.7 Å². The molecule has 1 atom stereocenters. The molecule has 0 spiro atoms. The zero-order valence-electron chi connectivity index (χ0n) is 8.79. The van der Waals surface area contributed by atoms with Crippen LogP contribution in [0.25, 0.3) is 0 Å². The lowest BCUT2D eigenvalue weighted by atomic mass is 9.87. The Hall–Kier alpha value is -1.05. The van der Waals surface area contributed by atoms with Crippen molar-refractivity contribution in [1.29, 1.82) is 0 Å². The van der Waals surface area contributed by atoms with E-state index in [9.17, 15) is 4.79 Å². The average molecular weight is 194 g/mol. The van der Waals surface area contributed by atoms with Gasteiger partial charge in [-0.15, -0.1) is 0 Å². The van der Waals surface area contributed by atoms with Crippen molar-refractivity contribution in [2.75, 3.05) is 6.61 Å². The van der Waals surface area contributed by atoms with Gasteiger partial charge in [-0.2, -0.15) is 0 Å². The number of esters is 1. The van der Waals surface area contributed by atoms with E-state index in [-0.39, 0.29) is 5.97 Å². The predicted molar refractivity (Wildman–Crippen MR) is 56.9 cm³/mol. The van der Waals surface area contributed by atoms with Crippen LogP contribution in [-0.2, 0) is 9.53 Å². The van der Waals surface area contributed by atoms with Crippen LogP contribution in [-0.4, -0.2) is 12.6 Å². The first-order valence-electron chi connectivity index (χ1n) is 5.16. The van der Waals surface area contributed by atoms with E-state index in [0.717, 1.165) is 19.3 Å². The third kappa shape index (κ3) is 3.77. The molecule has 2 heteroatoms. The maximum Gasteiger partial charge on any atom is 0.302 e. The molecule has 0 radical (unpaired) electrons. The lowest BCUT2D eigenvalue weighted by molar-refractivity contribution is -0.140. The second-order valence-corrected chi connectivity index (χ2v) is 3.73. The van der Waals surface area contributed by atoms with Gasteiger partial charge in [-0.25, -0.2) is 0 Å². The van der Waals surface area contributed by atoms with Gasteiger partial charge in [0.1, 0.15) is 0 Å². The van der Waals surface area contributed by atoms with Crippen molar-refractivity contribution in [1.82, 2.24) is 0 Å². The van der Waals surface area contributed by atoms with Crippen molar-refractivity contribution >= 4 is 5.97 Å². The van der Waals surface area contributed by atoms with Crippen LogP contribution >= 0.6 is 0 Å². The normalized spacial score (nSPS) is 20.5. The first-order valence-corrected chi connectivity index (χ1v) is 5.16. The van der Waals surface area contributed by atoms with Gasteiger partial charge in [0.2, 0.25) is 0 Å². The summed E-state index contributed by atoms with van der Waals surface area (Å²) in [6.45, 7) is 5.97. The molecule has 2 nitrogen and oxygen atoms in total. The lowest BCUT2D eigenvalue weighted by Crippen LogP contribution is -2.09. The highest BCUT2D eigenvalue weighted by molar-refractivity contribution is 5.65. The number of hydrogen-bond acceptors (Lipinski definition) is 2. The van der Waals surface area contributed by atoms with Gasteiger partial charge in [-0.1, -0.05) is 24.3 Å². The van der Waals surface area contributed by atoms with Gasteiger partial charge in [0.05, 0.1) is 6.61 Å². The van der Waals surface area contributed by atoms with Crippen molar-refractivity contribution in [3.8, 4) is 0 Å². The van der Waals surface area contributed by atoms with Gasteiger partial charge in [0.15, 0.2) is 0 Å². The van der Waals surface area contributed by atoms with Crippen molar-refractivity contribution in [2.45, 2.75) is 32.6 Å². The Morgan fingerprint density at radius 1 is 1.57 bits per heavy atom. The molecule has 1 unspecified atom stereocenters. The summed E-state index contributed by atoms with van der Waals surface area (Å²) in [5.41, 5.74) is 1.22. The first kappa shape index (κ1) is 11.0. The third-order valence-electron chi connectivity index (χ3n) is 2.57. The topological polar surface area (TPSA) is 26.3 Å². The maximum atomic E-state index is 10.5. The molecule has 0 aromatic rings. The molecule has 0 N–H and O–H groups in total. The van der Waals surface area contributed by atoms with Gasteiger partial charge in [-0.3, -0.25) is 4.79 Å². The smallest absolute Gasteiger partial charge is 0.302 e. The van der Waals surface area contributed by atoms with Crippen LogP contribution < -0.4 is 0 Å². The summed E-state index contributed by atoms with van der Waals surface area (Å²) in [6, 6.07) is 0. The monoisotopic (exact) mass is 194 g/mol. The van der Waals surface area contributed by atoms with E-state index in [0.29, 0.717) is 12.5 Å². The minimum Gasteiger partial charge on any atom is -0.466 e. The average Bonchev–Trinajstić information content (AvgIpc) is 2.18. The molecule has 78 valence electrons. The molecular weight excluding hydrogens is 176 g/mol. The standard InChI is InChI=1S/C12H18O2/c1-10(8-9-14-11(2)13)12-6-4-3-5-7-12/h3-4,12H,1,5-9H2,2H3. The molecule has 14 heavy (non-hydrogen) atoms. The number of carbonyl (C=O) groups excluding carboxylic acids is 1. The van der Waals surface area contributed by atoms with Gasteiger partial charge in [0, 0.05) is 13.3 Å². The summed E-state index contributed by atoms with van der Waals surface area (Å²) in [4.78, 5) is 10.5. The lowest BCUT2D eigenvalue weighted by Gasteiger charge is -2.20. The van der Waals surface area contributed by atoms with Crippen molar-refractivity contribution in [2.24, 2.45) is 5.92 Å². The highest BCUT2D eigenvalue weighted by Crippen LogP contribution is 2.26. The van der Waals surface area contributed by atoms with E-state index < -0.39 is 0 Å². The Morgan fingerprint density at radius 2 is 2.36 bits per heavy atom.